The van der Waals surface area contributed by atoms with Crippen LogP contribution in [0, 0.1) is 5.92 Å². The lowest BCUT2D eigenvalue weighted by atomic mass is 10.2. The van der Waals surface area contributed by atoms with E-state index in [2.05, 4.69) is 20.7 Å². The lowest BCUT2D eigenvalue weighted by Gasteiger charge is -2.14. The van der Waals surface area contributed by atoms with E-state index in [-0.39, 0.29) is 11.6 Å². The second-order valence-corrected chi connectivity index (χ2v) is 6.82. The van der Waals surface area contributed by atoms with Gasteiger partial charge in [-0.15, -0.1) is 0 Å². The molecule has 0 radical (unpaired) electrons. The molecular weight excluding hydrogens is 356 g/mol. The SMILES string of the molecule is CC(C)Cn1c(NN=Cc2[nH]nc3ccc(Cl)cc23)cc(=O)n(C)c1=O. The van der Waals surface area contributed by atoms with E-state index in [1.165, 1.54) is 23.9 Å². The van der Waals surface area contributed by atoms with Gasteiger partial charge in [0.1, 0.15) is 5.82 Å². The van der Waals surface area contributed by atoms with Crippen LogP contribution in [0.3, 0.4) is 0 Å². The molecule has 136 valence electrons. The van der Waals surface area contributed by atoms with Gasteiger partial charge in [0, 0.05) is 30.1 Å². The van der Waals surface area contributed by atoms with Crippen molar-refractivity contribution in [3.63, 3.8) is 0 Å². The molecule has 0 aliphatic carbocycles. The van der Waals surface area contributed by atoms with E-state index in [4.69, 9.17) is 11.6 Å². The summed E-state index contributed by atoms with van der Waals surface area (Å²) in [6, 6.07) is 6.70. The standard InChI is InChI=1S/C17H19ClN6O2/c1-10(2)9-24-15(7-16(25)23(3)17(24)26)22-19-8-14-12-6-11(18)4-5-13(12)20-21-14/h4-8,10,22H,9H2,1-3H3,(H,20,21). The van der Waals surface area contributed by atoms with Gasteiger partial charge in [-0.2, -0.15) is 10.2 Å². The summed E-state index contributed by atoms with van der Waals surface area (Å²) in [5.41, 5.74) is 3.43. The van der Waals surface area contributed by atoms with Gasteiger partial charge >= 0.3 is 5.69 Å². The van der Waals surface area contributed by atoms with Crippen LogP contribution in [0.25, 0.3) is 10.9 Å². The molecule has 9 heteroatoms. The summed E-state index contributed by atoms with van der Waals surface area (Å²) in [6.07, 6.45) is 1.54. The summed E-state index contributed by atoms with van der Waals surface area (Å²) < 4.78 is 2.56. The largest absolute Gasteiger partial charge is 0.332 e. The summed E-state index contributed by atoms with van der Waals surface area (Å²) >= 11 is 6.02. The van der Waals surface area contributed by atoms with Crippen molar-refractivity contribution in [2.75, 3.05) is 5.43 Å². The number of aromatic nitrogens is 4. The highest BCUT2D eigenvalue weighted by Crippen LogP contribution is 2.19. The monoisotopic (exact) mass is 374 g/mol. The summed E-state index contributed by atoms with van der Waals surface area (Å²) in [4.78, 5) is 24.3. The number of rotatable bonds is 5. The van der Waals surface area contributed by atoms with Gasteiger partial charge in [-0.25, -0.2) is 4.79 Å². The number of nitrogens with one attached hydrogen (secondary N) is 2. The Morgan fingerprint density at radius 1 is 1.35 bits per heavy atom. The van der Waals surface area contributed by atoms with E-state index in [9.17, 15) is 9.59 Å². The quantitative estimate of drug-likeness (QED) is 0.528. The molecule has 0 amide bonds. The van der Waals surface area contributed by atoms with E-state index < -0.39 is 5.56 Å². The molecule has 0 spiro atoms. The molecule has 0 atom stereocenters. The van der Waals surface area contributed by atoms with Crippen LogP contribution in [0.4, 0.5) is 5.82 Å². The predicted octanol–water partition coefficient (Wildman–Crippen LogP) is 2.18. The molecule has 26 heavy (non-hydrogen) atoms. The van der Waals surface area contributed by atoms with Gasteiger partial charge in [0.05, 0.1) is 17.4 Å². The molecule has 0 aliphatic heterocycles. The maximum atomic E-state index is 12.4. The number of halogens is 1. The van der Waals surface area contributed by atoms with E-state index in [0.717, 1.165) is 15.5 Å². The number of benzene rings is 1. The molecule has 0 bridgehead atoms. The minimum absolute atomic E-state index is 0.230. The lowest BCUT2D eigenvalue weighted by molar-refractivity contribution is 0.492. The van der Waals surface area contributed by atoms with Crippen LogP contribution in [0.1, 0.15) is 19.5 Å². The van der Waals surface area contributed by atoms with Crippen LogP contribution in [0.5, 0.6) is 0 Å². The number of anilines is 1. The Balaban J connectivity index is 1.93. The van der Waals surface area contributed by atoms with Crippen LogP contribution in [-0.4, -0.2) is 25.5 Å². The summed E-state index contributed by atoms with van der Waals surface area (Å²) in [6.45, 7) is 4.45. The minimum Gasteiger partial charge on any atom is -0.278 e. The molecule has 2 aromatic heterocycles. The number of aromatic amines is 1. The van der Waals surface area contributed by atoms with Gasteiger partial charge in [0.25, 0.3) is 5.56 Å². The normalized spacial score (nSPS) is 11.7. The van der Waals surface area contributed by atoms with E-state index in [0.29, 0.717) is 23.1 Å². The van der Waals surface area contributed by atoms with Crippen molar-refractivity contribution >= 4 is 34.5 Å². The third-order valence-corrected chi connectivity index (χ3v) is 4.10. The molecule has 0 saturated heterocycles. The first-order chi connectivity index (χ1) is 12.4. The molecule has 3 rings (SSSR count). The Labute approximate surface area is 154 Å². The Morgan fingerprint density at radius 2 is 2.12 bits per heavy atom. The van der Waals surface area contributed by atoms with Gasteiger partial charge in [0.2, 0.25) is 0 Å². The summed E-state index contributed by atoms with van der Waals surface area (Å²) in [7, 11) is 1.45. The fourth-order valence-electron chi connectivity index (χ4n) is 2.57. The Bertz CT molecular complexity index is 1090. The van der Waals surface area contributed by atoms with Crippen LogP contribution in [0.15, 0.2) is 39.0 Å². The van der Waals surface area contributed by atoms with E-state index in [1.54, 1.807) is 18.2 Å². The van der Waals surface area contributed by atoms with Gasteiger partial charge in [0.15, 0.2) is 0 Å². The van der Waals surface area contributed by atoms with Gasteiger partial charge in [-0.05, 0) is 24.1 Å². The second kappa shape index (κ2) is 7.17. The van der Waals surface area contributed by atoms with Gasteiger partial charge < -0.3 is 0 Å². The Kier molecular flexibility index (Phi) is 4.94. The summed E-state index contributed by atoms with van der Waals surface area (Å²) in [5.74, 6) is 0.568. The van der Waals surface area contributed by atoms with Crippen LogP contribution < -0.4 is 16.7 Å². The topological polar surface area (TPSA) is 97.1 Å². The zero-order valence-electron chi connectivity index (χ0n) is 14.7. The number of hydrogen-bond acceptors (Lipinski definition) is 5. The predicted molar refractivity (Wildman–Crippen MR) is 103 cm³/mol. The van der Waals surface area contributed by atoms with Gasteiger partial charge in [-0.1, -0.05) is 25.4 Å². The molecule has 8 nitrogen and oxygen atoms in total. The van der Waals surface area contributed by atoms with E-state index in [1.807, 2.05) is 13.8 Å². The lowest BCUT2D eigenvalue weighted by Crippen LogP contribution is -2.39. The molecule has 1 aromatic carbocycles. The van der Waals surface area contributed by atoms with Crippen molar-refractivity contribution in [3.05, 3.63) is 55.8 Å². The molecule has 2 heterocycles. The van der Waals surface area contributed by atoms with Crippen LogP contribution in [-0.2, 0) is 13.6 Å². The van der Waals surface area contributed by atoms with Crippen molar-refractivity contribution in [3.8, 4) is 0 Å². The second-order valence-electron chi connectivity index (χ2n) is 6.38. The average Bonchev–Trinajstić information content (AvgIpc) is 2.98. The summed E-state index contributed by atoms with van der Waals surface area (Å²) in [5, 5.41) is 12.6. The van der Waals surface area contributed by atoms with E-state index >= 15 is 0 Å². The number of H-pyrrole nitrogens is 1. The maximum Gasteiger partial charge on any atom is 0.332 e. The average molecular weight is 375 g/mol. The van der Waals surface area contributed by atoms with Crippen LogP contribution >= 0.6 is 11.6 Å². The highest BCUT2D eigenvalue weighted by atomic mass is 35.5. The number of fused-ring (bicyclic) bond motifs is 1. The molecule has 0 fully saturated rings. The Morgan fingerprint density at radius 3 is 2.85 bits per heavy atom. The van der Waals surface area contributed by atoms with Crippen molar-refractivity contribution in [2.45, 2.75) is 20.4 Å². The molecule has 0 unspecified atom stereocenters. The molecule has 2 N–H and O–H groups in total. The van der Waals surface area contributed by atoms with Crippen molar-refractivity contribution < 1.29 is 0 Å². The van der Waals surface area contributed by atoms with Crippen molar-refractivity contribution in [2.24, 2.45) is 18.1 Å². The first-order valence-electron chi connectivity index (χ1n) is 8.10. The fraction of sp³-hybridized carbons (Fsp3) is 0.294. The van der Waals surface area contributed by atoms with Crippen molar-refractivity contribution in [1.82, 2.24) is 19.3 Å². The first kappa shape index (κ1) is 17.9. The molecular formula is C17H19ClN6O2. The maximum absolute atomic E-state index is 12.4. The first-order valence-corrected chi connectivity index (χ1v) is 8.48. The fourth-order valence-corrected chi connectivity index (χ4v) is 2.74. The molecule has 0 saturated carbocycles. The third kappa shape index (κ3) is 3.55. The highest BCUT2D eigenvalue weighted by molar-refractivity contribution is 6.31. The number of nitrogens with zero attached hydrogens (tertiary/aromatic N) is 4. The highest BCUT2D eigenvalue weighted by Gasteiger charge is 2.10. The van der Waals surface area contributed by atoms with Gasteiger partial charge in [-0.3, -0.25) is 24.5 Å². The zero-order chi connectivity index (χ0) is 18.8. The smallest absolute Gasteiger partial charge is 0.278 e. The number of hydrogen-bond donors (Lipinski definition) is 2. The molecule has 0 aliphatic rings. The third-order valence-electron chi connectivity index (χ3n) is 3.87. The minimum atomic E-state index is -0.397. The van der Waals surface area contributed by atoms with Crippen molar-refractivity contribution in [1.29, 1.82) is 0 Å². The zero-order valence-corrected chi connectivity index (χ0v) is 15.4. The van der Waals surface area contributed by atoms with Crippen LogP contribution in [0.2, 0.25) is 5.02 Å². The number of hydrazone groups is 1. The Hall–Kier alpha value is -2.87. The molecule has 3 aromatic rings.